The summed E-state index contributed by atoms with van der Waals surface area (Å²) in [5, 5.41) is 5.79. The van der Waals surface area contributed by atoms with Gasteiger partial charge in [0, 0.05) is 5.56 Å². The van der Waals surface area contributed by atoms with Gasteiger partial charge in [-0.15, -0.1) is 0 Å². The van der Waals surface area contributed by atoms with Crippen molar-refractivity contribution in [3.63, 3.8) is 0 Å². The Morgan fingerprint density at radius 2 is 1.70 bits per heavy atom. The zero-order valence-electron chi connectivity index (χ0n) is 17.6. The number of halogens is 1. The number of hydrogen-bond donors (Lipinski definition) is 1. The monoisotopic (exact) mass is 502 g/mol. The molecule has 1 amide bonds. The highest BCUT2D eigenvalue weighted by Crippen LogP contribution is 2.27. The van der Waals surface area contributed by atoms with Gasteiger partial charge in [0.05, 0.1) is 23.4 Å². The Morgan fingerprint density at radius 1 is 0.939 bits per heavy atom. The first-order chi connectivity index (χ1) is 16.0. The van der Waals surface area contributed by atoms with Crippen LogP contribution in [-0.2, 0) is 0 Å². The number of benzene rings is 4. The second-order valence-corrected chi connectivity index (χ2v) is 7.89. The first kappa shape index (κ1) is 22.2. The fraction of sp³-hybridized carbons (Fsp3) is 0.0385. The van der Waals surface area contributed by atoms with Crippen LogP contribution in [0.5, 0.6) is 11.5 Å². The third-order valence-corrected chi connectivity index (χ3v) is 5.52. The summed E-state index contributed by atoms with van der Waals surface area (Å²) in [5.41, 5.74) is 4.14. The standard InChI is InChI=1S/C26H19BrN2O4/c1-32-20-12-10-19(11-13-20)25(30)29-28-16-17-9-14-24(23(27)15-17)33-26(31)22-8-4-6-18-5-2-3-7-21(18)22/h2-16H,1H3,(H,29,30)/b28-16-. The highest BCUT2D eigenvalue weighted by atomic mass is 79.9. The van der Waals surface area contributed by atoms with Gasteiger partial charge < -0.3 is 9.47 Å². The Hall–Kier alpha value is -3.97. The van der Waals surface area contributed by atoms with Crippen LogP contribution in [0.2, 0.25) is 0 Å². The molecular weight excluding hydrogens is 484 g/mol. The van der Waals surface area contributed by atoms with Gasteiger partial charge in [0.1, 0.15) is 11.5 Å². The maximum atomic E-state index is 12.8. The largest absolute Gasteiger partial charge is 0.497 e. The number of amides is 1. The van der Waals surface area contributed by atoms with Crippen molar-refractivity contribution in [2.45, 2.75) is 0 Å². The lowest BCUT2D eigenvalue weighted by Gasteiger charge is -2.09. The van der Waals surface area contributed by atoms with Crippen molar-refractivity contribution >= 4 is 44.8 Å². The van der Waals surface area contributed by atoms with E-state index < -0.39 is 5.97 Å². The van der Waals surface area contributed by atoms with E-state index in [-0.39, 0.29) is 5.91 Å². The molecule has 0 fully saturated rings. The first-order valence-corrected chi connectivity index (χ1v) is 10.8. The molecule has 0 heterocycles. The van der Waals surface area contributed by atoms with E-state index in [4.69, 9.17) is 9.47 Å². The predicted octanol–water partition coefficient (Wildman–Crippen LogP) is 5.59. The quantitative estimate of drug-likeness (QED) is 0.161. The lowest BCUT2D eigenvalue weighted by Crippen LogP contribution is -2.17. The lowest BCUT2D eigenvalue weighted by atomic mass is 10.0. The molecule has 0 saturated carbocycles. The number of carbonyl (C=O) groups excluding carboxylic acids is 2. The number of esters is 1. The van der Waals surface area contributed by atoms with Crippen LogP contribution in [-0.4, -0.2) is 25.2 Å². The molecule has 4 aromatic rings. The minimum Gasteiger partial charge on any atom is -0.497 e. The number of fused-ring (bicyclic) bond motifs is 1. The van der Waals surface area contributed by atoms with E-state index in [1.165, 1.54) is 6.21 Å². The summed E-state index contributed by atoms with van der Waals surface area (Å²) in [4.78, 5) is 24.9. The van der Waals surface area contributed by atoms with Crippen molar-refractivity contribution in [3.05, 3.63) is 106 Å². The molecule has 164 valence electrons. The molecule has 0 unspecified atom stereocenters. The Kier molecular flexibility index (Phi) is 6.80. The van der Waals surface area contributed by atoms with Crippen LogP contribution < -0.4 is 14.9 Å². The molecule has 0 saturated heterocycles. The fourth-order valence-electron chi connectivity index (χ4n) is 3.21. The number of rotatable bonds is 6. The van der Waals surface area contributed by atoms with Crippen molar-refractivity contribution < 1.29 is 19.1 Å². The van der Waals surface area contributed by atoms with E-state index >= 15 is 0 Å². The van der Waals surface area contributed by atoms with Crippen molar-refractivity contribution in [1.82, 2.24) is 5.43 Å². The summed E-state index contributed by atoms with van der Waals surface area (Å²) in [6.07, 6.45) is 1.50. The summed E-state index contributed by atoms with van der Waals surface area (Å²) in [6, 6.07) is 25.0. The summed E-state index contributed by atoms with van der Waals surface area (Å²) in [7, 11) is 1.56. The SMILES string of the molecule is COc1ccc(C(=O)N/N=C\c2ccc(OC(=O)c3cccc4ccccc34)c(Br)c2)cc1. The second-order valence-electron chi connectivity index (χ2n) is 7.03. The minimum atomic E-state index is -0.444. The van der Waals surface area contributed by atoms with Gasteiger partial charge in [0.2, 0.25) is 0 Å². The number of hydrazone groups is 1. The molecule has 4 aromatic carbocycles. The van der Waals surface area contributed by atoms with Gasteiger partial charge in [-0.25, -0.2) is 10.2 Å². The molecule has 0 spiro atoms. The average Bonchev–Trinajstić information content (AvgIpc) is 2.85. The average molecular weight is 503 g/mol. The molecule has 0 aliphatic rings. The van der Waals surface area contributed by atoms with Gasteiger partial charge in [-0.05, 0) is 80.8 Å². The van der Waals surface area contributed by atoms with Crippen LogP contribution in [0.25, 0.3) is 10.8 Å². The maximum Gasteiger partial charge on any atom is 0.344 e. The van der Waals surface area contributed by atoms with Crippen LogP contribution in [0, 0.1) is 0 Å². The van der Waals surface area contributed by atoms with Gasteiger partial charge in [0.25, 0.3) is 5.91 Å². The number of methoxy groups -OCH3 is 1. The zero-order chi connectivity index (χ0) is 23.2. The topological polar surface area (TPSA) is 77.0 Å². The summed E-state index contributed by atoms with van der Waals surface area (Å²) in [6.45, 7) is 0. The summed E-state index contributed by atoms with van der Waals surface area (Å²) in [5.74, 6) is 0.266. The first-order valence-electron chi connectivity index (χ1n) is 10.0. The number of carbonyl (C=O) groups is 2. The maximum absolute atomic E-state index is 12.8. The number of ether oxygens (including phenoxy) is 2. The third kappa shape index (κ3) is 5.27. The minimum absolute atomic E-state index is 0.339. The highest BCUT2D eigenvalue weighted by Gasteiger charge is 2.14. The number of hydrogen-bond acceptors (Lipinski definition) is 5. The second kappa shape index (κ2) is 10.1. The van der Waals surface area contributed by atoms with Crippen molar-refractivity contribution in [2.75, 3.05) is 7.11 Å². The van der Waals surface area contributed by atoms with Gasteiger partial charge in [-0.1, -0.05) is 36.4 Å². The summed E-state index contributed by atoms with van der Waals surface area (Å²) >= 11 is 3.43. The molecule has 0 radical (unpaired) electrons. The van der Waals surface area contributed by atoms with Gasteiger partial charge in [-0.3, -0.25) is 4.79 Å². The Morgan fingerprint density at radius 3 is 2.45 bits per heavy atom. The van der Waals surface area contributed by atoms with E-state index in [0.717, 1.165) is 10.8 Å². The van der Waals surface area contributed by atoms with Gasteiger partial charge in [-0.2, -0.15) is 5.10 Å². The van der Waals surface area contributed by atoms with Crippen LogP contribution >= 0.6 is 15.9 Å². The smallest absolute Gasteiger partial charge is 0.344 e. The molecule has 6 nitrogen and oxygen atoms in total. The number of nitrogens with one attached hydrogen (secondary N) is 1. The predicted molar refractivity (Wildman–Crippen MR) is 131 cm³/mol. The van der Waals surface area contributed by atoms with Gasteiger partial charge in [0.15, 0.2) is 0 Å². The Balaban J connectivity index is 1.42. The van der Waals surface area contributed by atoms with E-state index in [0.29, 0.717) is 32.7 Å². The third-order valence-electron chi connectivity index (χ3n) is 4.90. The van der Waals surface area contributed by atoms with Crippen molar-refractivity contribution in [3.8, 4) is 11.5 Å². The van der Waals surface area contributed by atoms with E-state index in [1.807, 2.05) is 36.4 Å². The van der Waals surface area contributed by atoms with Gasteiger partial charge >= 0.3 is 5.97 Å². The molecule has 4 rings (SSSR count). The molecule has 0 aliphatic carbocycles. The molecule has 0 aliphatic heterocycles. The Bertz CT molecular complexity index is 1350. The van der Waals surface area contributed by atoms with E-state index in [9.17, 15) is 9.59 Å². The van der Waals surface area contributed by atoms with E-state index in [1.54, 1.807) is 55.6 Å². The molecule has 7 heteroatoms. The molecule has 0 aromatic heterocycles. The van der Waals surface area contributed by atoms with E-state index in [2.05, 4.69) is 26.5 Å². The zero-order valence-corrected chi connectivity index (χ0v) is 19.2. The molecule has 1 N–H and O–H groups in total. The highest BCUT2D eigenvalue weighted by molar-refractivity contribution is 9.10. The lowest BCUT2D eigenvalue weighted by molar-refractivity contribution is 0.0735. The molecule has 0 bridgehead atoms. The molecule has 33 heavy (non-hydrogen) atoms. The van der Waals surface area contributed by atoms with Crippen molar-refractivity contribution in [2.24, 2.45) is 5.10 Å². The molecular formula is C26H19BrN2O4. The Labute approximate surface area is 199 Å². The van der Waals surface area contributed by atoms with Crippen LogP contribution in [0.1, 0.15) is 26.3 Å². The van der Waals surface area contributed by atoms with Crippen LogP contribution in [0.3, 0.4) is 0 Å². The normalized spacial score (nSPS) is 10.8. The molecule has 0 atom stereocenters. The summed E-state index contributed by atoms with van der Waals surface area (Å²) < 4.78 is 11.3. The van der Waals surface area contributed by atoms with Crippen molar-refractivity contribution in [1.29, 1.82) is 0 Å². The number of nitrogens with zero attached hydrogens (tertiary/aromatic N) is 1. The fourth-order valence-corrected chi connectivity index (χ4v) is 3.69. The van der Waals surface area contributed by atoms with Crippen LogP contribution in [0.4, 0.5) is 0 Å². The van der Waals surface area contributed by atoms with Crippen LogP contribution in [0.15, 0.2) is 94.5 Å².